The lowest BCUT2D eigenvalue weighted by atomic mass is 9.84. The molecule has 1 unspecified atom stereocenters. The van der Waals surface area contributed by atoms with Crippen LogP contribution >= 0.6 is 0 Å². The Hall–Kier alpha value is -3.93. The van der Waals surface area contributed by atoms with Gasteiger partial charge >= 0.3 is 0 Å². The zero-order valence-electron chi connectivity index (χ0n) is 21.1. The quantitative estimate of drug-likeness (QED) is 0.255. The number of anilines is 1. The molecule has 3 aromatic rings. The number of ether oxygens (including phenoxy) is 1. The van der Waals surface area contributed by atoms with Crippen LogP contribution in [0.15, 0.2) is 72.3 Å². The average molecular weight is 488 g/mol. The maximum Gasteiger partial charge on any atom is 0.300 e. The van der Waals surface area contributed by atoms with Crippen LogP contribution in [-0.4, -0.2) is 23.4 Å². The number of para-hydroxylation sites is 1. The molecule has 0 aliphatic carbocycles. The normalized spacial score (nSPS) is 17.5. The smallest absolute Gasteiger partial charge is 0.300 e. The highest BCUT2D eigenvalue weighted by molar-refractivity contribution is 6.51. The number of aryl methyl sites for hydroxylation is 1. The molecule has 1 heterocycles. The van der Waals surface area contributed by atoms with Gasteiger partial charge in [0.25, 0.3) is 11.7 Å². The standard InChI is InChI=1S/C30H30FNO4/c1-6-36-24-16-15-19(17-21(24)30(3,4)5)27(33)25-26(20-12-8-9-13-22(20)31)32(29(35)28(25)34)23-14-10-7-11-18(23)2/h7-17,26,33H,6H2,1-5H3/b27-25+. The van der Waals surface area contributed by atoms with E-state index in [9.17, 15) is 14.7 Å². The molecule has 5 nitrogen and oxygen atoms in total. The van der Waals surface area contributed by atoms with E-state index < -0.39 is 23.5 Å². The lowest BCUT2D eigenvalue weighted by molar-refractivity contribution is -0.132. The molecule has 1 N–H and O–H groups in total. The monoisotopic (exact) mass is 487 g/mol. The molecule has 0 saturated carbocycles. The molecule has 0 bridgehead atoms. The number of carbonyl (C=O) groups excluding carboxylic acids is 2. The van der Waals surface area contributed by atoms with Gasteiger partial charge in [0.2, 0.25) is 0 Å². The number of benzene rings is 3. The van der Waals surface area contributed by atoms with Gasteiger partial charge in [-0.2, -0.15) is 0 Å². The van der Waals surface area contributed by atoms with E-state index in [2.05, 4.69) is 0 Å². The van der Waals surface area contributed by atoms with Crippen molar-refractivity contribution in [1.82, 2.24) is 0 Å². The third-order valence-corrected chi connectivity index (χ3v) is 6.38. The summed E-state index contributed by atoms with van der Waals surface area (Å²) in [6.07, 6.45) is 0. The van der Waals surface area contributed by atoms with Crippen LogP contribution in [0.2, 0.25) is 0 Å². The summed E-state index contributed by atoms with van der Waals surface area (Å²) in [5, 5.41) is 11.5. The van der Waals surface area contributed by atoms with Gasteiger partial charge in [-0.15, -0.1) is 0 Å². The number of halogens is 1. The van der Waals surface area contributed by atoms with Crippen molar-refractivity contribution in [3.63, 3.8) is 0 Å². The van der Waals surface area contributed by atoms with Gasteiger partial charge in [0.1, 0.15) is 17.3 Å². The summed E-state index contributed by atoms with van der Waals surface area (Å²) in [7, 11) is 0. The number of hydrogen-bond acceptors (Lipinski definition) is 4. The zero-order valence-corrected chi connectivity index (χ0v) is 21.1. The van der Waals surface area contributed by atoms with Crippen LogP contribution in [0.4, 0.5) is 10.1 Å². The molecule has 36 heavy (non-hydrogen) atoms. The first-order valence-electron chi connectivity index (χ1n) is 11.9. The second-order valence-electron chi connectivity index (χ2n) is 9.87. The van der Waals surface area contributed by atoms with Crippen molar-refractivity contribution in [2.24, 2.45) is 0 Å². The summed E-state index contributed by atoms with van der Waals surface area (Å²) in [4.78, 5) is 28.0. The SMILES string of the molecule is CCOc1ccc(/C(O)=C2\C(=O)C(=O)N(c3ccccc3C)C2c2ccccc2F)cc1C(C)(C)C. The molecule has 1 atom stereocenters. The molecule has 1 amide bonds. The lowest BCUT2D eigenvalue weighted by Crippen LogP contribution is -2.30. The number of hydrogen-bond donors (Lipinski definition) is 1. The van der Waals surface area contributed by atoms with Crippen molar-refractivity contribution < 1.29 is 23.8 Å². The fourth-order valence-corrected chi connectivity index (χ4v) is 4.61. The fraction of sp³-hybridized carbons (Fsp3) is 0.267. The molecule has 3 aromatic carbocycles. The number of ketones is 1. The first-order valence-corrected chi connectivity index (χ1v) is 11.9. The van der Waals surface area contributed by atoms with Crippen LogP contribution in [0.1, 0.15) is 56.0 Å². The Morgan fingerprint density at radius 2 is 1.69 bits per heavy atom. The summed E-state index contributed by atoms with van der Waals surface area (Å²) in [5.74, 6) is -1.94. The number of nitrogens with zero attached hydrogens (tertiary/aromatic N) is 1. The summed E-state index contributed by atoms with van der Waals surface area (Å²) < 4.78 is 20.9. The second kappa shape index (κ2) is 9.61. The molecule has 0 aromatic heterocycles. The second-order valence-corrected chi connectivity index (χ2v) is 9.87. The van der Waals surface area contributed by atoms with Gasteiger partial charge in [0.05, 0.1) is 18.2 Å². The largest absolute Gasteiger partial charge is 0.507 e. The van der Waals surface area contributed by atoms with E-state index >= 15 is 4.39 Å². The topological polar surface area (TPSA) is 66.8 Å². The predicted molar refractivity (Wildman–Crippen MR) is 139 cm³/mol. The number of aliphatic hydroxyl groups is 1. The first kappa shape index (κ1) is 25.2. The minimum atomic E-state index is -1.13. The molecular weight excluding hydrogens is 457 g/mol. The molecule has 6 heteroatoms. The maximum atomic E-state index is 15.1. The van der Waals surface area contributed by atoms with E-state index in [4.69, 9.17) is 4.74 Å². The molecular formula is C30H30FNO4. The molecule has 1 saturated heterocycles. The number of Topliss-reactive ketones (excluding diaryl/α,β-unsaturated/α-hetero) is 1. The third-order valence-electron chi connectivity index (χ3n) is 6.38. The lowest BCUT2D eigenvalue weighted by Gasteiger charge is -2.27. The molecule has 186 valence electrons. The summed E-state index contributed by atoms with van der Waals surface area (Å²) in [5.41, 5.74) is 2.07. The summed E-state index contributed by atoms with van der Waals surface area (Å²) in [6.45, 7) is 10.2. The maximum absolute atomic E-state index is 15.1. The minimum absolute atomic E-state index is 0.128. The van der Waals surface area contributed by atoms with Gasteiger partial charge < -0.3 is 9.84 Å². The Labute approximate surface area is 210 Å². The number of rotatable bonds is 5. The van der Waals surface area contributed by atoms with Gasteiger partial charge in [0.15, 0.2) is 0 Å². The highest BCUT2D eigenvalue weighted by Gasteiger charge is 2.48. The van der Waals surface area contributed by atoms with Gasteiger partial charge in [0, 0.05) is 22.4 Å². The number of aliphatic hydroxyl groups excluding tert-OH is 1. The average Bonchev–Trinajstić information content (AvgIpc) is 3.09. The van der Waals surface area contributed by atoms with Gasteiger partial charge in [-0.05, 0) is 55.2 Å². The Morgan fingerprint density at radius 3 is 2.33 bits per heavy atom. The van der Waals surface area contributed by atoms with Crippen molar-refractivity contribution in [1.29, 1.82) is 0 Å². The fourth-order valence-electron chi connectivity index (χ4n) is 4.61. The van der Waals surface area contributed by atoms with Crippen LogP contribution in [0, 0.1) is 12.7 Å². The summed E-state index contributed by atoms with van der Waals surface area (Å²) in [6, 6.07) is 17.1. The van der Waals surface area contributed by atoms with Crippen molar-refractivity contribution in [3.8, 4) is 5.75 Å². The van der Waals surface area contributed by atoms with Crippen molar-refractivity contribution in [2.45, 2.75) is 46.1 Å². The van der Waals surface area contributed by atoms with Crippen LogP contribution in [0.3, 0.4) is 0 Å². The first-order chi connectivity index (χ1) is 17.1. The highest BCUT2D eigenvalue weighted by Crippen LogP contribution is 2.44. The van der Waals surface area contributed by atoms with Crippen LogP contribution in [0.25, 0.3) is 5.76 Å². The highest BCUT2D eigenvalue weighted by atomic mass is 19.1. The van der Waals surface area contributed by atoms with Gasteiger partial charge in [-0.3, -0.25) is 14.5 Å². The third kappa shape index (κ3) is 4.39. The van der Waals surface area contributed by atoms with Crippen molar-refractivity contribution >= 4 is 23.1 Å². The Kier molecular flexibility index (Phi) is 6.72. The van der Waals surface area contributed by atoms with Crippen LogP contribution in [-0.2, 0) is 15.0 Å². The molecule has 1 fully saturated rings. The van der Waals surface area contributed by atoms with E-state index in [0.29, 0.717) is 23.6 Å². The molecule has 4 rings (SSSR count). The Balaban J connectivity index is 1.98. The van der Waals surface area contributed by atoms with E-state index in [1.807, 2.05) is 46.8 Å². The Bertz CT molecular complexity index is 1370. The van der Waals surface area contributed by atoms with Gasteiger partial charge in [-0.25, -0.2) is 4.39 Å². The van der Waals surface area contributed by atoms with Gasteiger partial charge in [-0.1, -0.05) is 57.2 Å². The van der Waals surface area contributed by atoms with Crippen LogP contribution in [0.5, 0.6) is 5.75 Å². The number of amides is 1. The molecule has 1 aliphatic rings. The van der Waals surface area contributed by atoms with E-state index in [0.717, 1.165) is 11.1 Å². The minimum Gasteiger partial charge on any atom is -0.507 e. The van der Waals surface area contributed by atoms with Crippen LogP contribution < -0.4 is 9.64 Å². The van der Waals surface area contributed by atoms with E-state index in [-0.39, 0.29) is 22.3 Å². The molecule has 0 spiro atoms. The molecule has 0 radical (unpaired) electrons. The predicted octanol–water partition coefficient (Wildman–Crippen LogP) is 6.46. The number of carbonyl (C=O) groups is 2. The van der Waals surface area contributed by atoms with Crippen molar-refractivity contribution in [2.75, 3.05) is 11.5 Å². The molecule has 1 aliphatic heterocycles. The summed E-state index contributed by atoms with van der Waals surface area (Å²) >= 11 is 0. The van der Waals surface area contributed by atoms with E-state index in [1.54, 1.807) is 42.5 Å². The zero-order chi connectivity index (χ0) is 26.2. The van der Waals surface area contributed by atoms with Crippen molar-refractivity contribution in [3.05, 3.63) is 100 Å². The van der Waals surface area contributed by atoms with E-state index in [1.165, 1.54) is 17.0 Å². The Morgan fingerprint density at radius 1 is 1.03 bits per heavy atom.